The summed E-state index contributed by atoms with van der Waals surface area (Å²) in [6, 6.07) is 14.2. The summed E-state index contributed by atoms with van der Waals surface area (Å²) in [5.41, 5.74) is 2.95. The van der Waals surface area contributed by atoms with E-state index in [0.29, 0.717) is 36.5 Å². The number of hydrogen-bond acceptors (Lipinski definition) is 6. The molecule has 8 nitrogen and oxygen atoms in total. The van der Waals surface area contributed by atoms with E-state index in [1.54, 1.807) is 12.3 Å². The molecule has 3 fully saturated rings. The number of carbonyl (C=O) groups excluding carboxylic acids is 1. The number of nitrogens with zero attached hydrogens (tertiary/aromatic N) is 6. The maximum atomic E-state index is 13.4. The fourth-order valence-electron chi connectivity index (χ4n) is 5.55. The van der Waals surface area contributed by atoms with Crippen LogP contribution in [0, 0.1) is 0 Å². The number of benzene rings is 1. The number of hydrogen-bond donors (Lipinski definition) is 0. The normalized spacial score (nSPS) is 19.7. The lowest BCUT2D eigenvalue weighted by Crippen LogP contribution is -2.48. The fraction of sp³-hybridized carbons (Fsp3) is 0.333. The van der Waals surface area contributed by atoms with Crippen LogP contribution >= 0.6 is 11.6 Å². The van der Waals surface area contributed by atoms with Crippen molar-refractivity contribution >= 4 is 23.3 Å². The van der Waals surface area contributed by atoms with Gasteiger partial charge in [-0.1, -0.05) is 29.8 Å². The number of piperidine rings is 1. The number of fused-ring (bicyclic) bond motifs is 5. The molecule has 2 atom stereocenters. The van der Waals surface area contributed by atoms with Crippen molar-refractivity contribution in [3.8, 4) is 17.1 Å². The first-order chi connectivity index (χ1) is 18.5. The van der Waals surface area contributed by atoms with Gasteiger partial charge in [0, 0.05) is 60.8 Å². The van der Waals surface area contributed by atoms with Gasteiger partial charge in [0.1, 0.15) is 5.69 Å². The third kappa shape index (κ3) is 4.81. The van der Waals surface area contributed by atoms with Gasteiger partial charge < -0.3 is 9.64 Å². The van der Waals surface area contributed by atoms with Crippen LogP contribution in [0.4, 0.5) is 8.78 Å². The maximum Gasteiger partial charge on any atom is 0.388 e. The van der Waals surface area contributed by atoms with E-state index >= 15 is 0 Å². The van der Waals surface area contributed by atoms with Crippen LogP contribution in [-0.2, 0) is 6.54 Å². The molecule has 4 aromatic rings. The molecule has 1 aromatic carbocycles. The maximum absolute atomic E-state index is 13.4. The first kappa shape index (κ1) is 24.7. The summed E-state index contributed by atoms with van der Waals surface area (Å²) in [7, 11) is 0. The summed E-state index contributed by atoms with van der Waals surface area (Å²) < 4.78 is 31.7. The van der Waals surface area contributed by atoms with Gasteiger partial charge in [0.15, 0.2) is 0 Å². The molecule has 0 N–H and O–H groups in total. The van der Waals surface area contributed by atoms with Crippen LogP contribution in [0.25, 0.3) is 17.0 Å². The Kier molecular flexibility index (Phi) is 6.67. The van der Waals surface area contributed by atoms with E-state index < -0.39 is 6.61 Å². The quantitative estimate of drug-likeness (QED) is 0.347. The number of pyridine rings is 1. The van der Waals surface area contributed by atoms with Crippen molar-refractivity contribution in [2.45, 2.75) is 44.5 Å². The zero-order chi connectivity index (χ0) is 26.2. The second-order valence-corrected chi connectivity index (χ2v) is 9.98. The molecule has 0 aliphatic carbocycles. The van der Waals surface area contributed by atoms with Gasteiger partial charge >= 0.3 is 6.61 Å². The van der Waals surface area contributed by atoms with Crippen molar-refractivity contribution in [3.05, 3.63) is 77.3 Å². The predicted octanol–water partition coefficient (Wildman–Crippen LogP) is 4.93. The molecule has 38 heavy (non-hydrogen) atoms. The minimum Gasteiger partial charge on any atom is -0.417 e. The Balaban J connectivity index is 1.27. The van der Waals surface area contributed by atoms with Gasteiger partial charge in [-0.25, -0.2) is 15.0 Å². The molecule has 3 saturated heterocycles. The third-order valence-electron chi connectivity index (χ3n) is 7.33. The zero-order valence-corrected chi connectivity index (χ0v) is 21.1. The van der Waals surface area contributed by atoms with Crippen LogP contribution in [0.1, 0.15) is 35.4 Å². The number of aromatic nitrogens is 4. The summed E-state index contributed by atoms with van der Waals surface area (Å²) >= 11 is 6.13. The average molecular weight is 539 g/mol. The number of imidazole rings is 1. The highest BCUT2D eigenvalue weighted by Crippen LogP contribution is 2.33. The number of ether oxygens (including phenoxy) is 1. The lowest BCUT2D eigenvalue weighted by Gasteiger charge is -2.38. The first-order valence-corrected chi connectivity index (χ1v) is 12.9. The number of carbonyl (C=O) groups is 1. The Bertz CT molecular complexity index is 1460. The SMILES string of the molecule is O=C(c1cccc(OC(F)F)n1)N1CCC2CCC1CN2Cc1c(-c2ccc(Cl)cc2)nc2ncccn12. The van der Waals surface area contributed by atoms with E-state index in [1.807, 2.05) is 45.8 Å². The third-order valence-corrected chi connectivity index (χ3v) is 7.58. The van der Waals surface area contributed by atoms with E-state index in [4.69, 9.17) is 16.6 Å². The van der Waals surface area contributed by atoms with Gasteiger partial charge in [0.2, 0.25) is 11.7 Å². The highest BCUT2D eigenvalue weighted by molar-refractivity contribution is 6.30. The van der Waals surface area contributed by atoms with Gasteiger partial charge in [0.05, 0.1) is 11.4 Å². The molecule has 0 saturated carbocycles. The number of alkyl halides is 2. The Hall–Kier alpha value is -3.63. The molecule has 2 unspecified atom stereocenters. The Morgan fingerprint density at radius 2 is 1.87 bits per heavy atom. The van der Waals surface area contributed by atoms with Crippen molar-refractivity contribution in [1.82, 2.24) is 29.2 Å². The average Bonchev–Trinajstić information content (AvgIpc) is 3.04. The van der Waals surface area contributed by atoms with Crippen LogP contribution in [0.2, 0.25) is 5.02 Å². The van der Waals surface area contributed by atoms with Gasteiger partial charge in [-0.05, 0) is 43.5 Å². The van der Waals surface area contributed by atoms with Gasteiger partial charge in [0.25, 0.3) is 5.91 Å². The summed E-state index contributed by atoms with van der Waals surface area (Å²) in [6.07, 6.45) is 6.34. The molecule has 6 heterocycles. The van der Waals surface area contributed by atoms with Gasteiger partial charge in [-0.3, -0.25) is 14.1 Å². The zero-order valence-electron chi connectivity index (χ0n) is 20.4. The monoisotopic (exact) mass is 538 g/mol. The smallest absolute Gasteiger partial charge is 0.388 e. The number of amides is 1. The molecule has 0 spiro atoms. The van der Waals surface area contributed by atoms with Crippen molar-refractivity contribution < 1.29 is 18.3 Å². The first-order valence-electron chi connectivity index (χ1n) is 12.5. The molecular weight excluding hydrogens is 514 g/mol. The summed E-state index contributed by atoms with van der Waals surface area (Å²) in [4.78, 5) is 31.0. The van der Waals surface area contributed by atoms with Gasteiger partial charge in [-0.15, -0.1) is 0 Å². The van der Waals surface area contributed by atoms with E-state index in [-0.39, 0.29) is 23.5 Å². The minimum atomic E-state index is -3.00. The minimum absolute atomic E-state index is 0.0148. The second kappa shape index (κ2) is 10.3. The van der Waals surface area contributed by atoms with Crippen molar-refractivity contribution in [3.63, 3.8) is 0 Å². The topological polar surface area (TPSA) is 75.9 Å². The number of rotatable bonds is 6. The highest BCUT2D eigenvalue weighted by atomic mass is 35.5. The van der Waals surface area contributed by atoms with Crippen molar-refractivity contribution in [2.24, 2.45) is 0 Å². The fourth-order valence-corrected chi connectivity index (χ4v) is 5.67. The molecule has 3 aliphatic heterocycles. The molecule has 0 radical (unpaired) electrons. The van der Waals surface area contributed by atoms with Crippen LogP contribution in [0.5, 0.6) is 5.88 Å². The molecule has 1 amide bonds. The van der Waals surface area contributed by atoms with E-state index in [1.165, 1.54) is 12.1 Å². The largest absolute Gasteiger partial charge is 0.417 e. The highest BCUT2D eigenvalue weighted by Gasteiger charge is 2.39. The number of halogens is 3. The van der Waals surface area contributed by atoms with Gasteiger partial charge in [-0.2, -0.15) is 8.78 Å². The van der Waals surface area contributed by atoms with Crippen LogP contribution < -0.4 is 4.74 Å². The lowest BCUT2D eigenvalue weighted by atomic mass is 9.98. The molecule has 3 aromatic heterocycles. The Labute approximate surface area is 222 Å². The predicted molar refractivity (Wildman–Crippen MR) is 137 cm³/mol. The summed E-state index contributed by atoms with van der Waals surface area (Å²) in [5.74, 6) is 0.0989. The molecule has 11 heteroatoms. The van der Waals surface area contributed by atoms with Crippen LogP contribution in [-0.4, -0.2) is 66.8 Å². The summed E-state index contributed by atoms with van der Waals surface area (Å²) in [5, 5.41) is 0.660. The van der Waals surface area contributed by atoms with E-state index in [0.717, 1.165) is 36.2 Å². The Morgan fingerprint density at radius 1 is 1.05 bits per heavy atom. The molecule has 196 valence electrons. The lowest BCUT2D eigenvalue weighted by molar-refractivity contribution is -0.0529. The Morgan fingerprint density at radius 3 is 2.68 bits per heavy atom. The second-order valence-electron chi connectivity index (χ2n) is 9.54. The van der Waals surface area contributed by atoms with E-state index in [2.05, 4.69) is 19.6 Å². The van der Waals surface area contributed by atoms with E-state index in [9.17, 15) is 13.6 Å². The molecule has 3 aliphatic rings. The standard InChI is InChI=1S/C27H25ClF2N6O2/c28-18-7-5-17(6-8-18)24-22(36-13-2-12-31-27(36)33-24)16-34-15-20-10-9-19(34)11-14-35(20)25(37)21-3-1-4-23(32-21)38-26(29)30/h1-8,12-13,19-20,26H,9-11,14-16H2. The van der Waals surface area contributed by atoms with Crippen LogP contribution in [0.3, 0.4) is 0 Å². The van der Waals surface area contributed by atoms with Crippen molar-refractivity contribution in [1.29, 1.82) is 0 Å². The molecule has 7 rings (SSSR count). The molecular formula is C27H25ClF2N6O2. The van der Waals surface area contributed by atoms with Crippen molar-refractivity contribution in [2.75, 3.05) is 13.1 Å². The van der Waals surface area contributed by atoms with Crippen LogP contribution in [0.15, 0.2) is 60.9 Å². The molecule has 2 bridgehead atoms. The summed E-state index contributed by atoms with van der Waals surface area (Å²) in [6.45, 7) is -1.09.